The fourth-order valence-corrected chi connectivity index (χ4v) is 3.77. The second-order valence-corrected chi connectivity index (χ2v) is 9.91. The minimum Gasteiger partial charge on any atom is -0.443 e. The third-order valence-corrected chi connectivity index (χ3v) is 5.44. The summed E-state index contributed by atoms with van der Waals surface area (Å²) in [5.41, 5.74) is 1.13. The van der Waals surface area contributed by atoms with Gasteiger partial charge in [-0.2, -0.15) is 0 Å². The number of hydrogen-bond acceptors (Lipinski definition) is 3. The molecule has 5 nitrogen and oxygen atoms in total. The molecule has 2 aromatic rings. The molecule has 1 amide bonds. The number of nitrogens with zero attached hydrogens (tertiary/aromatic N) is 1. The summed E-state index contributed by atoms with van der Waals surface area (Å²) < 4.78 is 20.2. The Morgan fingerprint density at radius 1 is 1.20 bits per heavy atom. The molecule has 1 heterocycles. The minimum atomic E-state index is -0.589. The highest BCUT2D eigenvalue weighted by atomic mass is 127. The summed E-state index contributed by atoms with van der Waals surface area (Å²) in [7, 11) is 0. The quantitative estimate of drug-likeness (QED) is 0.327. The maximum atomic E-state index is 12.7. The average Bonchev–Trinajstić information content (AvgIpc) is 3.00. The summed E-state index contributed by atoms with van der Waals surface area (Å²) in [5, 5.41) is 3.92. The van der Waals surface area contributed by atoms with Gasteiger partial charge in [0, 0.05) is 27.6 Å². The van der Waals surface area contributed by atoms with Crippen LogP contribution in [0.15, 0.2) is 24.4 Å². The van der Waals surface area contributed by atoms with E-state index >= 15 is 0 Å². The Balaban J connectivity index is 2.10. The Morgan fingerprint density at radius 3 is 2.57 bits per heavy atom. The summed E-state index contributed by atoms with van der Waals surface area (Å²) in [6.07, 6.45) is 5.10. The van der Waals surface area contributed by atoms with Crippen LogP contribution in [0.4, 0.5) is 9.18 Å². The highest BCUT2D eigenvalue weighted by Crippen LogP contribution is 2.27. The monoisotopic (exact) mass is 530 g/mol. The van der Waals surface area contributed by atoms with E-state index in [0.29, 0.717) is 19.4 Å². The summed E-state index contributed by atoms with van der Waals surface area (Å²) >= 11 is 2.24. The van der Waals surface area contributed by atoms with E-state index in [1.54, 1.807) is 6.20 Å². The van der Waals surface area contributed by atoms with Crippen LogP contribution in [0.1, 0.15) is 58.9 Å². The number of ether oxygens (including phenoxy) is 1. The van der Waals surface area contributed by atoms with Crippen molar-refractivity contribution in [2.45, 2.75) is 65.4 Å². The molecule has 1 atom stereocenters. The van der Waals surface area contributed by atoms with Crippen molar-refractivity contribution in [3.05, 3.63) is 33.5 Å². The molecule has 0 bridgehead atoms. The second-order valence-electron chi connectivity index (χ2n) is 8.67. The molecule has 0 aliphatic heterocycles. The molecule has 166 valence electrons. The third kappa shape index (κ3) is 7.25. The zero-order valence-corrected chi connectivity index (χ0v) is 20.4. The van der Waals surface area contributed by atoms with Crippen molar-refractivity contribution in [1.29, 1.82) is 0 Å². The van der Waals surface area contributed by atoms with Crippen LogP contribution in [0.2, 0.25) is 0 Å². The van der Waals surface area contributed by atoms with E-state index in [1.807, 2.05) is 45.9 Å². The normalized spacial score (nSPS) is 12.7. The van der Waals surface area contributed by atoms with Crippen LogP contribution in [0.3, 0.4) is 0 Å². The van der Waals surface area contributed by atoms with Crippen molar-refractivity contribution < 1.29 is 18.7 Å². The molecule has 1 N–H and O–H groups in total. The number of unbranched alkanes of at least 4 members (excludes halogenated alkanes) is 3. The van der Waals surface area contributed by atoms with E-state index in [1.165, 1.54) is 4.57 Å². The lowest BCUT2D eigenvalue weighted by Gasteiger charge is -2.19. The van der Waals surface area contributed by atoms with Gasteiger partial charge in [-0.25, -0.2) is 4.79 Å². The fourth-order valence-electron chi connectivity index (χ4n) is 3.28. The zero-order valence-electron chi connectivity index (χ0n) is 18.3. The van der Waals surface area contributed by atoms with Crippen molar-refractivity contribution in [2.75, 3.05) is 13.2 Å². The Bertz CT molecular complexity index is 873. The number of hydrogen-bond donors (Lipinski definition) is 1. The summed E-state index contributed by atoms with van der Waals surface area (Å²) in [5.74, 6) is -0.240. The first-order valence-corrected chi connectivity index (χ1v) is 11.6. The van der Waals surface area contributed by atoms with Crippen molar-refractivity contribution in [2.24, 2.45) is 5.92 Å². The van der Waals surface area contributed by atoms with Gasteiger partial charge >= 0.3 is 6.09 Å². The maximum Gasteiger partial charge on any atom is 0.419 e. The summed E-state index contributed by atoms with van der Waals surface area (Å²) in [4.78, 5) is 25.2. The Hall–Kier alpha value is -1.64. The lowest BCUT2D eigenvalue weighted by molar-refractivity contribution is -0.124. The van der Waals surface area contributed by atoms with E-state index in [4.69, 9.17) is 4.74 Å². The number of alkyl halides is 1. The zero-order chi connectivity index (χ0) is 22.3. The SMILES string of the molecule is C[C@@H](Cc1cn(C(=O)OC(C)(C)C)c2ccc(I)cc12)C(=O)NCCCCCCF. The van der Waals surface area contributed by atoms with Crippen LogP contribution in [0.25, 0.3) is 10.9 Å². The van der Waals surface area contributed by atoms with E-state index in [-0.39, 0.29) is 18.5 Å². The molecule has 7 heteroatoms. The summed E-state index contributed by atoms with van der Waals surface area (Å²) in [6.45, 7) is 7.73. The molecule has 0 spiro atoms. The largest absolute Gasteiger partial charge is 0.443 e. The van der Waals surface area contributed by atoms with Crippen LogP contribution in [-0.4, -0.2) is 35.4 Å². The number of rotatable bonds is 9. The van der Waals surface area contributed by atoms with Gasteiger partial charge in [-0.15, -0.1) is 0 Å². The first-order chi connectivity index (χ1) is 14.1. The van der Waals surface area contributed by atoms with Crippen LogP contribution >= 0.6 is 22.6 Å². The van der Waals surface area contributed by atoms with Crippen molar-refractivity contribution in [3.8, 4) is 0 Å². The van der Waals surface area contributed by atoms with Gasteiger partial charge in [0.15, 0.2) is 0 Å². The molecular formula is C23H32FIN2O3. The second kappa shape index (κ2) is 11.1. The highest BCUT2D eigenvalue weighted by Gasteiger charge is 2.22. The molecule has 30 heavy (non-hydrogen) atoms. The number of benzene rings is 1. The van der Waals surface area contributed by atoms with Gasteiger partial charge < -0.3 is 10.1 Å². The molecule has 0 aliphatic carbocycles. The van der Waals surface area contributed by atoms with E-state index in [9.17, 15) is 14.0 Å². The van der Waals surface area contributed by atoms with Crippen molar-refractivity contribution >= 4 is 45.5 Å². The number of carbonyl (C=O) groups excluding carboxylic acids is 2. The molecule has 0 saturated carbocycles. The maximum absolute atomic E-state index is 12.7. The predicted molar refractivity (Wildman–Crippen MR) is 127 cm³/mol. The van der Waals surface area contributed by atoms with Crippen LogP contribution < -0.4 is 5.32 Å². The molecule has 0 aliphatic rings. The minimum absolute atomic E-state index is 0.00992. The van der Waals surface area contributed by atoms with Gasteiger partial charge in [-0.1, -0.05) is 19.8 Å². The van der Waals surface area contributed by atoms with E-state index in [0.717, 1.165) is 39.3 Å². The number of carbonyl (C=O) groups is 2. The number of amides is 1. The van der Waals surface area contributed by atoms with Gasteiger partial charge in [0.05, 0.1) is 12.2 Å². The van der Waals surface area contributed by atoms with Gasteiger partial charge in [0.25, 0.3) is 0 Å². The van der Waals surface area contributed by atoms with Gasteiger partial charge in [0.2, 0.25) is 5.91 Å². The fraction of sp³-hybridized carbons (Fsp3) is 0.565. The molecule has 1 aromatic carbocycles. The Morgan fingerprint density at radius 2 is 1.90 bits per heavy atom. The standard InChI is InChI=1S/C23H32FIN2O3/c1-16(21(28)26-12-8-6-5-7-11-24)13-17-15-27(22(29)30-23(2,3)4)20-10-9-18(25)14-19(17)20/h9-10,14-16H,5-8,11-13H2,1-4H3,(H,26,28)/t16-/m0/s1. The average molecular weight is 530 g/mol. The molecule has 0 fully saturated rings. The van der Waals surface area contributed by atoms with Crippen LogP contribution in [-0.2, 0) is 16.0 Å². The van der Waals surface area contributed by atoms with Crippen molar-refractivity contribution in [3.63, 3.8) is 0 Å². The number of halogens is 2. The van der Waals surface area contributed by atoms with Crippen LogP contribution in [0.5, 0.6) is 0 Å². The smallest absolute Gasteiger partial charge is 0.419 e. The van der Waals surface area contributed by atoms with Crippen molar-refractivity contribution in [1.82, 2.24) is 9.88 Å². The summed E-state index contributed by atoms with van der Waals surface area (Å²) in [6, 6.07) is 5.89. The highest BCUT2D eigenvalue weighted by molar-refractivity contribution is 14.1. The molecule has 2 rings (SSSR count). The van der Waals surface area contributed by atoms with Gasteiger partial charge in [0.1, 0.15) is 5.60 Å². The lowest BCUT2D eigenvalue weighted by atomic mass is 10.00. The topological polar surface area (TPSA) is 60.3 Å². The molecule has 0 saturated heterocycles. The van der Waals surface area contributed by atoms with E-state index in [2.05, 4.69) is 27.9 Å². The number of fused-ring (bicyclic) bond motifs is 1. The third-order valence-electron chi connectivity index (χ3n) is 4.77. The first kappa shape index (κ1) is 24.6. The Kier molecular flexibility index (Phi) is 9.12. The number of nitrogens with one attached hydrogen (secondary N) is 1. The first-order valence-electron chi connectivity index (χ1n) is 10.5. The Labute approximate surface area is 191 Å². The lowest BCUT2D eigenvalue weighted by Crippen LogP contribution is -2.31. The van der Waals surface area contributed by atoms with E-state index < -0.39 is 11.7 Å². The molecular weight excluding hydrogens is 498 g/mol. The molecule has 0 radical (unpaired) electrons. The predicted octanol–water partition coefficient (Wildman–Crippen LogP) is 5.85. The molecule has 1 aromatic heterocycles. The van der Waals surface area contributed by atoms with Crippen LogP contribution in [0, 0.1) is 9.49 Å². The number of aromatic nitrogens is 1. The van der Waals surface area contributed by atoms with Gasteiger partial charge in [-0.3, -0.25) is 13.8 Å². The molecule has 0 unspecified atom stereocenters. The van der Waals surface area contributed by atoms with Gasteiger partial charge in [-0.05, 0) is 86.4 Å².